The number of benzene rings is 1. The van der Waals surface area contributed by atoms with Crippen LogP contribution in [0.2, 0.25) is 0 Å². The van der Waals surface area contributed by atoms with Crippen LogP contribution in [0, 0.1) is 18.3 Å². The van der Waals surface area contributed by atoms with E-state index in [2.05, 4.69) is 34.0 Å². The van der Waals surface area contributed by atoms with Gasteiger partial charge in [0.15, 0.2) is 0 Å². The number of carbonyl (C=O) groups excluding carboxylic acids is 2. The van der Waals surface area contributed by atoms with Crippen LogP contribution in [0.1, 0.15) is 43.4 Å². The van der Waals surface area contributed by atoms with E-state index in [1.807, 2.05) is 36.1 Å². The van der Waals surface area contributed by atoms with Crippen molar-refractivity contribution >= 4 is 34.5 Å². The Kier molecular flexibility index (Phi) is 6.95. The van der Waals surface area contributed by atoms with Crippen molar-refractivity contribution in [2.45, 2.75) is 45.6 Å². The number of imide groups is 1. The number of hydrogen-bond donors (Lipinski definition) is 1. The van der Waals surface area contributed by atoms with Gasteiger partial charge >= 0.3 is 11.7 Å². The fraction of sp³-hybridized carbons (Fsp3) is 0.429. The Labute approximate surface area is 226 Å². The lowest BCUT2D eigenvalue weighted by Gasteiger charge is -2.37. The van der Waals surface area contributed by atoms with Gasteiger partial charge in [-0.3, -0.25) is 9.69 Å². The molecule has 3 amide bonds. The molecule has 2 fully saturated rings. The summed E-state index contributed by atoms with van der Waals surface area (Å²) < 4.78 is 5.68. The average Bonchev–Trinajstić information content (AvgIpc) is 3.17. The molecule has 39 heavy (non-hydrogen) atoms. The molecule has 0 atom stereocenters. The molecular weight excluding hydrogens is 498 g/mol. The van der Waals surface area contributed by atoms with Gasteiger partial charge in [-0.15, -0.1) is 0 Å². The van der Waals surface area contributed by atoms with Gasteiger partial charge in [-0.25, -0.2) is 19.6 Å². The van der Waals surface area contributed by atoms with E-state index < -0.39 is 17.2 Å². The molecule has 2 aromatic heterocycles. The summed E-state index contributed by atoms with van der Waals surface area (Å²) in [6.45, 7) is 8.76. The van der Waals surface area contributed by atoms with Crippen LogP contribution < -0.4 is 20.7 Å². The summed E-state index contributed by atoms with van der Waals surface area (Å²) in [5, 5.41) is 12.7. The molecule has 11 heteroatoms. The van der Waals surface area contributed by atoms with E-state index in [1.54, 1.807) is 0 Å². The number of fused-ring (bicyclic) bond motifs is 1. The molecule has 1 N–H and O–H groups in total. The number of nitriles is 1. The molecule has 1 aromatic carbocycles. The van der Waals surface area contributed by atoms with Crippen molar-refractivity contribution < 1.29 is 14.0 Å². The van der Waals surface area contributed by atoms with Gasteiger partial charge < -0.3 is 19.5 Å². The second-order valence-corrected chi connectivity index (χ2v) is 9.94. The van der Waals surface area contributed by atoms with Crippen LogP contribution >= 0.6 is 0 Å². The summed E-state index contributed by atoms with van der Waals surface area (Å²) >= 11 is 0. The van der Waals surface area contributed by atoms with Gasteiger partial charge in [0.1, 0.15) is 17.2 Å². The normalized spacial score (nSPS) is 16.6. The number of carbonyl (C=O) groups is 2. The molecule has 0 aliphatic carbocycles. The summed E-state index contributed by atoms with van der Waals surface area (Å²) in [4.78, 5) is 53.0. The Morgan fingerprint density at radius 1 is 1.13 bits per heavy atom. The Morgan fingerprint density at radius 3 is 2.46 bits per heavy atom. The summed E-state index contributed by atoms with van der Waals surface area (Å²) in [5.74, 6) is 0.208. The second kappa shape index (κ2) is 10.4. The highest BCUT2D eigenvalue weighted by Gasteiger charge is 2.52. The van der Waals surface area contributed by atoms with Gasteiger partial charge in [-0.05, 0) is 57.7 Å². The fourth-order valence-corrected chi connectivity index (χ4v) is 5.53. The van der Waals surface area contributed by atoms with Crippen LogP contribution in [-0.4, -0.2) is 65.1 Å². The summed E-state index contributed by atoms with van der Waals surface area (Å²) in [6.07, 6.45) is 3.95. The Hall–Kier alpha value is -4.46. The molecule has 2 aliphatic heterocycles. The third kappa shape index (κ3) is 4.67. The quantitative estimate of drug-likeness (QED) is 0.362. The molecular formula is C28H31N7O4. The lowest BCUT2D eigenvalue weighted by atomic mass is 9.87. The lowest BCUT2D eigenvalue weighted by Crippen LogP contribution is -2.55. The topological polar surface area (TPSA) is 136 Å². The van der Waals surface area contributed by atoms with E-state index in [0.29, 0.717) is 48.6 Å². The van der Waals surface area contributed by atoms with Crippen molar-refractivity contribution in [3.63, 3.8) is 0 Å². The fourth-order valence-electron chi connectivity index (χ4n) is 5.53. The van der Waals surface area contributed by atoms with Crippen molar-refractivity contribution in [1.29, 1.82) is 5.26 Å². The zero-order valence-electron chi connectivity index (χ0n) is 22.4. The molecule has 3 aromatic rings. The molecule has 0 radical (unpaired) electrons. The number of urea groups is 1. The number of hydrogen-bond acceptors (Lipinski definition) is 9. The molecule has 2 aliphatic rings. The Balaban J connectivity index is 1.28. The van der Waals surface area contributed by atoms with Gasteiger partial charge in [-0.1, -0.05) is 0 Å². The van der Waals surface area contributed by atoms with Gasteiger partial charge in [0.05, 0.1) is 18.0 Å². The molecule has 0 unspecified atom stereocenters. The van der Waals surface area contributed by atoms with E-state index >= 15 is 0 Å². The average molecular weight is 530 g/mol. The molecule has 4 heterocycles. The molecule has 0 bridgehead atoms. The van der Waals surface area contributed by atoms with Crippen molar-refractivity contribution in [1.82, 2.24) is 20.2 Å². The van der Waals surface area contributed by atoms with Gasteiger partial charge in [0, 0.05) is 55.4 Å². The van der Waals surface area contributed by atoms with Crippen molar-refractivity contribution in [3.05, 3.63) is 57.7 Å². The number of anilines is 2. The monoisotopic (exact) mass is 529 g/mol. The number of aryl methyl sites for hydroxylation is 1. The van der Waals surface area contributed by atoms with Crippen molar-refractivity contribution in [2.24, 2.45) is 0 Å². The summed E-state index contributed by atoms with van der Waals surface area (Å²) in [5.41, 5.74) is 1.72. The van der Waals surface area contributed by atoms with E-state index in [0.717, 1.165) is 29.7 Å². The van der Waals surface area contributed by atoms with Crippen LogP contribution in [0.25, 0.3) is 11.0 Å². The van der Waals surface area contributed by atoms with Crippen LogP contribution in [-0.2, 0) is 11.2 Å². The van der Waals surface area contributed by atoms with Crippen LogP contribution in [0.5, 0.6) is 0 Å². The number of piperidine rings is 1. The second-order valence-electron chi connectivity index (χ2n) is 9.94. The molecule has 202 valence electrons. The smallest absolute Gasteiger partial charge is 0.339 e. The highest BCUT2D eigenvalue weighted by atomic mass is 16.4. The maximum Gasteiger partial charge on any atom is 0.339 e. The minimum atomic E-state index is -0.982. The van der Waals surface area contributed by atoms with Crippen molar-refractivity contribution in [3.8, 4) is 6.07 Å². The van der Waals surface area contributed by atoms with E-state index in [9.17, 15) is 14.4 Å². The Bertz CT molecular complexity index is 1510. The Morgan fingerprint density at radius 2 is 1.82 bits per heavy atom. The first-order valence-corrected chi connectivity index (χ1v) is 13.2. The number of rotatable bonds is 7. The molecule has 2 saturated heterocycles. The predicted octanol–water partition coefficient (Wildman–Crippen LogP) is 2.74. The van der Waals surface area contributed by atoms with Crippen molar-refractivity contribution in [2.75, 3.05) is 42.5 Å². The van der Waals surface area contributed by atoms with E-state index in [4.69, 9.17) is 9.68 Å². The van der Waals surface area contributed by atoms with Crippen LogP contribution in [0.3, 0.4) is 0 Å². The van der Waals surface area contributed by atoms with Crippen LogP contribution in [0.4, 0.5) is 16.4 Å². The molecule has 11 nitrogen and oxygen atoms in total. The summed E-state index contributed by atoms with van der Waals surface area (Å²) in [6, 6.07) is 7.40. The standard InChI is InChI=1S/C28H31N7O4/c1-4-33(5-2)20-6-7-21-18(3)22(24(36)39-23(21)14-20)8-11-35-25(37)28(32-27(35)38)9-12-34(13-10-28)26-30-16-19(15-29)17-31-26/h6-7,14,16-17H,4-5,8-13H2,1-3H3,(H,32,38). The van der Waals surface area contributed by atoms with Gasteiger partial charge in [-0.2, -0.15) is 5.26 Å². The maximum absolute atomic E-state index is 13.4. The molecule has 0 saturated carbocycles. The third-order valence-electron chi connectivity index (χ3n) is 7.90. The third-order valence-corrected chi connectivity index (χ3v) is 7.90. The number of amides is 3. The molecule has 1 spiro atoms. The SMILES string of the molecule is CCN(CC)c1ccc2c(C)c(CCN3C(=O)NC4(CCN(c5ncc(C#N)cn5)CC4)C3=O)c(=O)oc2c1. The van der Waals surface area contributed by atoms with E-state index in [1.165, 1.54) is 17.3 Å². The number of nitrogens with zero attached hydrogens (tertiary/aromatic N) is 6. The van der Waals surface area contributed by atoms with Crippen LogP contribution in [0.15, 0.2) is 39.8 Å². The van der Waals surface area contributed by atoms with Gasteiger partial charge in [0.25, 0.3) is 5.91 Å². The number of nitrogens with one attached hydrogen (secondary N) is 1. The lowest BCUT2D eigenvalue weighted by molar-refractivity contribution is -0.132. The minimum absolute atomic E-state index is 0.0868. The first-order valence-electron chi connectivity index (χ1n) is 13.2. The summed E-state index contributed by atoms with van der Waals surface area (Å²) in [7, 11) is 0. The highest BCUT2D eigenvalue weighted by molar-refractivity contribution is 6.07. The zero-order valence-corrected chi connectivity index (χ0v) is 22.4. The molecule has 5 rings (SSSR count). The zero-order chi connectivity index (χ0) is 27.7. The first-order chi connectivity index (χ1) is 18.8. The predicted molar refractivity (Wildman–Crippen MR) is 146 cm³/mol. The van der Waals surface area contributed by atoms with E-state index in [-0.39, 0.29) is 18.9 Å². The minimum Gasteiger partial charge on any atom is -0.422 e. The number of aromatic nitrogens is 2. The van der Waals surface area contributed by atoms with Gasteiger partial charge in [0.2, 0.25) is 5.95 Å². The maximum atomic E-state index is 13.4. The highest BCUT2D eigenvalue weighted by Crippen LogP contribution is 2.31. The largest absolute Gasteiger partial charge is 0.422 e. The first kappa shape index (κ1) is 26.2.